The highest BCUT2D eigenvalue weighted by Gasteiger charge is 2.03. The molecule has 0 unspecified atom stereocenters. The average molecular weight is 280 g/mol. The van der Waals surface area contributed by atoms with Crippen LogP contribution in [0, 0.1) is 0 Å². The van der Waals surface area contributed by atoms with Gasteiger partial charge in [-0.25, -0.2) is 0 Å². The highest BCUT2D eigenvalue weighted by molar-refractivity contribution is 8.24. The molecule has 0 N–H and O–H groups in total. The van der Waals surface area contributed by atoms with E-state index in [1.807, 2.05) is 0 Å². The molecule has 0 heterocycles. The Bertz CT molecular complexity index is 176. The highest BCUT2D eigenvalue weighted by Crippen LogP contribution is 2.61. The van der Waals surface area contributed by atoms with Gasteiger partial charge in [0.15, 0.2) is 0 Å². The van der Waals surface area contributed by atoms with Crippen molar-refractivity contribution in [1.29, 1.82) is 0 Å². The van der Waals surface area contributed by atoms with Gasteiger partial charge >= 0.3 is 15.7 Å². The number of carbonyl (C=O) groups is 2. The Morgan fingerprint density at radius 1 is 0.909 bits per heavy atom. The first-order valence-electron chi connectivity index (χ1n) is 1.73. The zero-order valence-corrected chi connectivity index (χ0v) is 9.24. The van der Waals surface area contributed by atoms with Gasteiger partial charge in [-0.3, -0.25) is 14.2 Å². The van der Waals surface area contributed by atoms with Crippen LogP contribution < -0.4 is 0 Å². The van der Waals surface area contributed by atoms with E-state index < -0.39 is 15.7 Å². The first kappa shape index (κ1) is 14.5. The summed E-state index contributed by atoms with van der Waals surface area (Å²) in [7, 11) is 0. The van der Waals surface area contributed by atoms with Gasteiger partial charge in [-0.05, 0) is 56.9 Å². The molecular weight excluding hydrogens is 280 g/mol. The first-order chi connectivity index (χ1) is 4.64. The van der Waals surface area contributed by atoms with Crippen molar-refractivity contribution in [3.8, 4) is 0 Å². The molecule has 0 aliphatic heterocycles. The summed E-state index contributed by atoms with van der Waals surface area (Å²) in [5.74, 6) is 0. The van der Waals surface area contributed by atoms with Gasteiger partial charge in [-0.15, -0.1) is 0 Å². The Hall–Kier alpha value is 1.02. The van der Waals surface area contributed by atoms with E-state index in [1.54, 1.807) is 0 Å². The summed E-state index contributed by atoms with van der Waals surface area (Å²) in [6, 6.07) is 0. The fraction of sp³-hybridized carbons (Fsp3) is 0. The van der Waals surface area contributed by atoms with Crippen LogP contribution in [0.15, 0.2) is 0 Å². The fourth-order valence-corrected chi connectivity index (χ4v) is 0. The van der Waals surface area contributed by atoms with Gasteiger partial charge in [0, 0.05) is 0 Å². The van der Waals surface area contributed by atoms with E-state index in [0.29, 0.717) is 0 Å². The summed E-state index contributed by atoms with van der Waals surface area (Å²) in [6.07, 6.45) is 0. The molecule has 0 aliphatic rings. The SMILES string of the molecule is O=C(Cl)C(=O)Cl.O=P(Cl)(Cl)Cl. The van der Waals surface area contributed by atoms with Crippen LogP contribution in [0.5, 0.6) is 0 Å². The van der Waals surface area contributed by atoms with Gasteiger partial charge in [-0.2, -0.15) is 0 Å². The molecule has 0 saturated carbocycles. The molecule has 3 nitrogen and oxygen atoms in total. The Kier molecular flexibility index (Phi) is 8.63. The quantitative estimate of drug-likeness (QED) is 0.420. The van der Waals surface area contributed by atoms with Crippen LogP contribution in [0.1, 0.15) is 0 Å². The smallest absolute Gasteiger partial charge is 0.271 e. The van der Waals surface area contributed by atoms with Gasteiger partial charge in [-0.1, -0.05) is 0 Å². The zero-order chi connectivity index (χ0) is 9.65. The van der Waals surface area contributed by atoms with Crippen molar-refractivity contribution in [3.63, 3.8) is 0 Å². The second kappa shape index (κ2) is 6.53. The molecular formula is C2Cl5O3P. The molecule has 0 saturated heterocycles. The molecule has 0 rings (SSSR count). The molecule has 0 amide bonds. The van der Waals surface area contributed by atoms with E-state index in [9.17, 15) is 14.2 Å². The minimum absolute atomic E-state index is 1.14. The molecule has 0 aliphatic carbocycles. The fourth-order valence-electron chi connectivity index (χ4n) is 0. The lowest BCUT2D eigenvalue weighted by Gasteiger charge is -1.74. The van der Waals surface area contributed by atoms with Gasteiger partial charge in [0.25, 0.3) is 0 Å². The average Bonchev–Trinajstić information content (AvgIpc) is 1.59. The summed E-state index contributed by atoms with van der Waals surface area (Å²) in [6.45, 7) is 0. The number of halogens is 5. The second-order valence-corrected chi connectivity index (χ2v) is 8.27. The zero-order valence-electron chi connectivity index (χ0n) is 4.56. The van der Waals surface area contributed by atoms with Crippen LogP contribution in [0.25, 0.3) is 0 Å². The van der Waals surface area contributed by atoms with Crippen molar-refractivity contribution in [2.24, 2.45) is 0 Å². The third kappa shape index (κ3) is 35.6. The first-order valence-corrected chi connectivity index (χ1v) is 6.90. The Morgan fingerprint density at radius 2 is 1.00 bits per heavy atom. The molecule has 0 bridgehead atoms. The van der Waals surface area contributed by atoms with Crippen LogP contribution in [-0.2, 0) is 14.2 Å². The standard InChI is InChI=1S/C2Cl2O2.Cl3OP/c3-1(5)2(4)6;1-5(2,3)4. The van der Waals surface area contributed by atoms with Gasteiger partial charge in [0.1, 0.15) is 0 Å². The number of rotatable bonds is 1. The van der Waals surface area contributed by atoms with E-state index in [1.165, 1.54) is 0 Å². The predicted molar refractivity (Wildman–Crippen MR) is 46.9 cm³/mol. The Labute approximate surface area is 86.6 Å². The molecule has 66 valence electrons. The summed E-state index contributed by atoms with van der Waals surface area (Å²) in [5, 5.41) is -5.51. The maximum absolute atomic E-state index is 9.51. The minimum atomic E-state index is -3.22. The topological polar surface area (TPSA) is 51.2 Å². The van der Waals surface area contributed by atoms with Crippen molar-refractivity contribution < 1.29 is 14.2 Å². The monoisotopic (exact) mass is 278 g/mol. The predicted octanol–water partition coefficient (Wildman–Crippen LogP) is 3.33. The van der Waals surface area contributed by atoms with E-state index in [2.05, 4.69) is 56.9 Å². The lowest BCUT2D eigenvalue weighted by Crippen LogP contribution is -1.94. The summed E-state index contributed by atoms with van der Waals surface area (Å²) < 4.78 is 9.51. The molecule has 0 aromatic carbocycles. The molecule has 0 spiro atoms. The highest BCUT2D eigenvalue weighted by atomic mass is 36.0. The normalized spacial score (nSPS) is 9.55. The van der Waals surface area contributed by atoms with Crippen LogP contribution in [0.2, 0.25) is 0 Å². The Morgan fingerprint density at radius 3 is 1.00 bits per heavy atom. The molecule has 0 atom stereocenters. The van der Waals surface area contributed by atoms with Crippen molar-refractivity contribution in [1.82, 2.24) is 0 Å². The van der Waals surface area contributed by atoms with Gasteiger partial charge in [0.2, 0.25) is 0 Å². The van der Waals surface area contributed by atoms with Crippen molar-refractivity contribution in [3.05, 3.63) is 0 Å². The van der Waals surface area contributed by atoms with Crippen LogP contribution >= 0.6 is 62.1 Å². The summed E-state index contributed by atoms with van der Waals surface area (Å²) in [4.78, 5) is 18.9. The third-order valence-corrected chi connectivity index (χ3v) is 0.595. The summed E-state index contributed by atoms with van der Waals surface area (Å²) >= 11 is 22.8. The maximum atomic E-state index is 9.51. The molecule has 0 fully saturated rings. The van der Waals surface area contributed by atoms with Crippen LogP contribution in [-0.4, -0.2) is 10.5 Å². The second-order valence-electron chi connectivity index (χ2n) is 0.946. The van der Waals surface area contributed by atoms with Crippen LogP contribution in [0.4, 0.5) is 0 Å². The summed E-state index contributed by atoms with van der Waals surface area (Å²) in [5.41, 5.74) is 0. The van der Waals surface area contributed by atoms with Crippen molar-refractivity contribution in [2.75, 3.05) is 0 Å². The third-order valence-electron chi connectivity index (χ3n) is 0.155. The van der Waals surface area contributed by atoms with Crippen molar-refractivity contribution in [2.45, 2.75) is 0 Å². The van der Waals surface area contributed by atoms with E-state index >= 15 is 0 Å². The van der Waals surface area contributed by atoms with Gasteiger partial charge < -0.3 is 0 Å². The molecule has 9 heteroatoms. The lowest BCUT2D eigenvalue weighted by molar-refractivity contribution is -0.127. The Balaban J connectivity index is 0. The van der Waals surface area contributed by atoms with Gasteiger partial charge in [0.05, 0.1) is 0 Å². The number of hydrogen-bond donors (Lipinski definition) is 0. The largest absolute Gasteiger partial charge is 0.339 e. The number of carbonyl (C=O) groups excluding carboxylic acids is 2. The lowest BCUT2D eigenvalue weighted by atomic mass is 10.9. The maximum Gasteiger partial charge on any atom is 0.339 e. The molecule has 11 heavy (non-hydrogen) atoms. The molecule has 0 radical (unpaired) electrons. The van der Waals surface area contributed by atoms with E-state index in [0.717, 1.165) is 0 Å². The molecule has 0 aromatic rings. The van der Waals surface area contributed by atoms with E-state index in [-0.39, 0.29) is 0 Å². The molecule has 0 aromatic heterocycles. The number of hydrogen-bond acceptors (Lipinski definition) is 3. The van der Waals surface area contributed by atoms with Crippen LogP contribution in [0.3, 0.4) is 0 Å². The van der Waals surface area contributed by atoms with E-state index in [4.69, 9.17) is 0 Å². The minimum Gasteiger partial charge on any atom is -0.271 e. The van der Waals surface area contributed by atoms with Crippen molar-refractivity contribution >= 4 is 72.6 Å².